The monoisotopic (exact) mass is 318 g/mol. The molecule has 1 unspecified atom stereocenters. The predicted molar refractivity (Wildman–Crippen MR) is 91.2 cm³/mol. The SMILES string of the molecule is CCC1CN(CC(=O)NCC(C)C)c2cc(C(C)=O)ccc2O1. The summed E-state index contributed by atoms with van der Waals surface area (Å²) in [7, 11) is 0. The summed E-state index contributed by atoms with van der Waals surface area (Å²) in [6.45, 7) is 9.34. The van der Waals surface area contributed by atoms with Gasteiger partial charge in [-0.15, -0.1) is 0 Å². The number of rotatable bonds is 6. The molecule has 0 saturated heterocycles. The minimum Gasteiger partial charge on any atom is -0.486 e. The van der Waals surface area contributed by atoms with Gasteiger partial charge in [-0.05, 0) is 37.5 Å². The van der Waals surface area contributed by atoms with Crippen LogP contribution in [0.15, 0.2) is 18.2 Å². The molecule has 1 amide bonds. The van der Waals surface area contributed by atoms with Crippen molar-refractivity contribution in [2.24, 2.45) is 5.92 Å². The molecule has 0 bridgehead atoms. The number of nitrogens with zero attached hydrogens (tertiary/aromatic N) is 1. The third-order valence-corrected chi connectivity index (χ3v) is 3.92. The Hall–Kier alpha value is -2.04. The number of fused-ring (bicyclic) bond motifs is 1. The van der Waals surface area contributed by atoms with Gasteiger partial charge in [-0.3, -0.25) is 9.59 Å². The van der Waals surface area contributed by atoms with E-state index in [-0.39, 0.29) is 24.3 Å². The van der Waals surface area contributed by atoms with Crippen LogP contribution in [0.1, 0.15) is 44.5 Å². The van der Waals surface area contributed by atoms with Gasteiger partial charge in [0.2, 0.25) is 5.91 Å². The van der Waals surface area contributed by atoms with Crippen molar-refractivity contribution in [1.29, 1.82) is 0 Å². The van der Waals surface area contributed by atoms with Gasteiger partial charge in [0.15, 0.2) is 5.78 Å². The van der Waals surface area contributed by atoms with Crippen molar-refractivity contribution in [3.8, 4) is 5.75 Å². The topological polar surface area (TPSA) is 58.6 Å². The van der Waals surface area contributed by atoms with E-state index in [1.165, 1.54) is 0 Å². The van der Waals surface area contributed by atoms with Crippen LogP contribution in [0.4, 0.5) is 5.69 Å². The van der Waals surface area contributed by atoms with Gasteiger partial charge < -0.3 is 15.0 Å². The maximum absolute atomic E-state index is 12.2. The third-order valence-electron chi connectivity index (χ3n) is 3.92. The van der Waals surface area contributed by atoms with Gasteiger partial charge in [-0.1, -0.05) is 20.8 Å². The number of ketones is 1. The first-order valence-corrected chi connectivity index (χ1v) is 8.24. The second-order valence-corrected chi connectivity index (χ2v) is 6.47. The molecular formula is C18H26N2O3. The lowest BCUT2D eigenvalue weighted by Gasteiger charge is -2.36. The molecule has 1 aliphatic heterocycles. The number of carbonyl (C=O) groups is 2. The highest BCUT2D eigenvalue weighted by Crippen LogP contribution is 2.34. The first-order chi connectivity index (χ1) is 10.9. The van der Waals surface area contributed by atoms with E-state index in [9.17, 15) is 9.59 Å². The second-order valence-electron chi connectivity index (χ2n) is 6.47. The van der Waals surface area contributed by atoms with E-state index in [1.807, 2.05) is 17.0 Å². The van der Waals surface area contributed by atoms with E-state index in [1.54, 1.807) is 13.0 Å². The van der Waals surface area contributed by atoms with Crippen molar-refractivity contribution in [2.45, 2.75) is 40.2 Å². The maximum Gasteiger partial charge on any atom is 0.239 e. The number of Topliss-reactive ketones (excluding diaryl/α,β-unsaturated/α-hetero) is 1. The van der Waals surface area contributed by atoms with Gasteiger partial charge in [0.05, 0.1) is 18.8 Å². The van der Waals surface area contributed by atoms with Gasteiger partial charge in [0.1, 0.15) is 11.9 Å². The largest absolute Gasteiger partial charge is 0.486 e. The molecule has 1 aromatic carbocycles. The highest BCUT2D eigenvalue weighted by molar-refractivity contribution is 5.96. The molecule has 5 heteroatoms. The zero-order valence-corrected chi connectivity index (χ0v) is 14.4. The smallest absolute Gasteiger partial charge is 0.239 e. The Bertz CT molecular complexity index is 584. The molecule has 1 aromatic rings. The Kier molecular flexibility index (Phi) is 5.64. The number of hydrogen-bond donors (Lipinski definition) is 1. The predicted octanol–water partition coefficient (Wildman–Crippen LogP) is 2.64. The summed E-state index contributed by atoms with van der Waals surface area (Å²) in [5, 5.41) is 2.94. The van der Waals surface area contributed by atoms with E-state index in [2.05, 4.69) is 26.1 Å². The van der Waals surface area contributed by atoms with Crippen LogP contribution in [0.25, 0.3) is 0 Å². The van der Waals surface area contributed by atoms with E-state index in [0.29, 0.717) is 24.6 Å². The van der Waals surface area contributed by atoms with Crippen LogP contribution < -0.4 is 15.0 Å². The number of amides is 1. The summed E-state index contributed by atoms with van der Waals surface area (Å²) in [5.74, 6) is 1.16. The van der Waals surface area contributed by atoms with Gasteiger partial charge in [-0.2, -0.15) is 0 Å². The molecule has 1 aliphatic rings. The molecule has 0 spiro atoms. The third kappa shape index (κ3) is 4.47. The molecule has 2 rings (SSSR count). The Morgan fingerprint density at radius 3 is 2.74 bits per heavy atom. The summed E-state index contributed by atoms with van der Waals surface area (Å²) in [6, 6.07) is 5.42. The lowest BCUT2D eigenvalue weighted by molar-refractivity contribution is -0.120. The molecule has 0 saturated carbocycles. The van der Waals surface area contributed by atoms with Crippen molar-refractivity contribution in [1.82, 2.24) is 5.32 Å². The zero-order chi connectivity index (χ0) is 17.0. The minimum atomic E-state index is -0.00497. The van der Waals surface area contributed by atoms with Crippen molar-refractivity contribution in [3.63, 3.8) is 0 Å². The number of anilines is 1. The lowest BCUT2D eigenvalue weighted by atomic mass is 10.1. The quantitative estimate of drug-likeness (QED) is 0.819. The van der Waals surface area contributed by atoms with E-state index in [0.717, 1.165) is 17.9 Å². The number of hydrogen-bond acceptors (Lipinski definition) is 4. The van der Waals surface area contributed by atoms with Crippen LogP contribution in [0, 0.1) is 5.92 Å². The van der Waals surface area contributed by atoms with Crippen LogP contribution in [0.5, 0.6) is 5.75 Å². The van der Waals surface area contributed by atoms with Crippen molar-refractivity contribution in [2.75, 3.05) is 24.5 Å². The Labute approximate surface area is 138 Å². The summed E-state index contributed by atoms with van der Waals surface area (Å²) in [5.41, 5.74) is 1.46. The number of nitrogens with one attached hydrogen (secondary N) is 1. The van der Waals surface area contributed by atoms with Crippen molar-refractivity contribution >= 4 is 17.4 Å². The van der Waals surface area contributed by atoms with Crippen LogP contribution >= 0.6 is 0 Å². The van der Waals surface area contributed by atoms with Crippen LogP contribution in [-0.2, 0) is 4.79 Å². The second kappa shape index (κ2) is 7.49. The van der Waals surface area contributed by atoms with Crippen LogP contribution in [0.2, 0.25) is 0 Å². The first-order valence-electron chi connectivity index (χ1n) is 8.24. The van der Waals surface area contributed by atoms with Crippen LogP contribution in [0.3, 0.4) is 0 Å². The molecule has 0 radical (unpaired) electrons. The molecule has 23 heavy (non-hydrogen) atoms. The standard InChI is InChI=1S/C18H26N2O3/c1-5-15-10-20(11-18(22)19-9-12(2)3)16-8-14(13(4)21)6-7-17(16)23-15/h6-8,12,15H,5,9-11H2,1-4H3,(H,19,22). The number of benzene rings is 1. The molecule has 1 heterocycles. The molecular weight excluding hydrogens is 292 g/mol. The maximum atomic E-state index is 12.2. The molecule has 5 nitrogen and oxygen atoms in total. The summed E-state index contributed by atoms with van der Waals surface area (Å²) in [6.07, 6.45) is 0.932. The molecule has 0 aromatic heterocycles. The average Bonchev–Trinajstić information content (AvgIpc) is 2.52. The summed E-state index contributed by atoms with van der Waals surface area (Å²) < 4.78 is 5.94. The Balaban J connectivity index is 2.20. The molecule has 0 aliphatic carbocycles. The van der Waals surface area contributed by atoms with E-state index < -0.39 is 0 Å². The highest BCUT2D eigenvalue weighted by atomic mass is 16.5. The number of ether oxygens (including phenoxy) is 1. The van der Waals surface area contributed by atoms with Gasteiger partial charge in [-0.25, -0.2) is 0 Å². The summed E-state index contributed by atoms with van der Waals surface area (Å²) >= 11 is 0. The van der Waals surface area contributed by atoms with Gasteiger partial charge >= 0.3 is 0 Å². The van der Waals surface area contributed by atoms with Crippen molar-refractivity contribution < 1.29 is 14.3 Å². The van der Waals surface area contributed by atoms with E-state index in [4.69, 9.17) is 4.74 Å². The normalized spacial score (nSPS) is 16.7. The molecule has 0 fully saturated rings. The van der Waals surface area contributed by atoms with Crippen LogP contribution in [-0.4, -0.2) is 37.4 Å². The van der Waals surface area contributed by atoms with Gasteiger partial charge in [0.25, 0.3) is 0 Å². The Morgan fingerprint density at radius 1 is 1.39 bits per heavy atom. The fraction of sp³-hybridized carbons (Fsp3) is 0.556. The molecule has 1 N–H and O–H groups in total. The fourth-order valence-electron chi connectivity index (χ4n) is 2.55. The Morgan fingerprint density at radius 2 is 2.13 bits per heavy atom. The highest BCUT2D eigenvalue weighted by Gasteiger charge is 2.26. The minimum absolute atomic E-state index is 0.00497. The molecule has 1 atom stereocenters. The fourth-order valence-corrected chi connectivity index (χ4v) is 2.55. The summed E-state index contributed by atoms with van der Waals surface area (Å²) in [4.78, 5) is 25.8. The van der Waals surface area contributed by atoms with Gasteiger partial charge in [0, 0.05) is 12.1 Å². The van der Waals surface area contributed by atoms with E-state index >= 15 is 0 Å². The van der Waals surface area contributed by atoms with Crippen molar-refractivity contribution in [3.05, 3.63) is 23.8 Å². The lowest BCUT2D eigenvalue weighted by Crippen LogP contribution is -2.45. The first kappa shape index (κ1) is 17.3. The average molecular weight is 318 g/mol. The number of carbonyl (C=O) groups excluding carboxylic acids is 2. The molecule has 126 valence electrons. The zero-order valence-electron chi connectivity index (χ0n) is 14.4.